The summed E-state index contributed by atoms with van der Waals surface area (Å²) in [6.07, 6.45) is 2.74. The number of nitrogens with zero attached hydrogens (tertiary/aromatic N) is 2. The molecule has 1 amide bonds. The number of nitro benzene ring substituents is 1. The molecule has 1 aromatic carbocycles. The molecule has 0 heterocycles. The fourth-order valence-electron chi connectivity index (χ4n) is 1.59. The second-order valence-electron chi connectivity index (χ2n) is 3.99. The predicted molar refractivity (Wildman–Crippen MR) is 73.0 cm³/mol. The van der Waals surface area contributed by atoms with E-state index in [4.69, 9.17) is 0 Å². The van der Waals surface area contributed by atoms with E-state index >= 15 is 0 Å². The van der Waals surface area contributed by atoms with Gasteiger partial charge in [0.05, 0.1) is 4.92 Å². The van der Waals surface area contributed by atoms with Gasteiger partial charge in [-0.25, -0.2) is 4.39 Å². The molecule has 0 aliphatic heterocycles. The smallest absolute Gasteiger partial charge is 0.282 e. The Morgan fingerprint density at radius 3 is 2.79 bits per heavy atom. The van der Waals surface area contributed by atoms with Crippen LogP contribution >= 0.6 is 11.8 Å². The number of thioether (sulfide) groups is 1. The summed E-state index contributed by atoms with van der Waals surface area (Å²) in [5.74, 6) is -0.304. The standard InChI is InChI=1S/C12H15FN2O3S/c1-14(6-3-7-19-2)12(16)10-8-9(13)4-5-11(10)15(17)18/h4-5,8H,3,6-7H2,1-2H3. The lowest BCUT2D eigenvalue weighted by atomic mass is 10.1. The first-order valence-corrected chi connectivity index (χ1v) is 7.05. The van der Waals surface area contributed by atoms with E-state index in [0.29, 0.717) is 6.54 Å². The van der Waals surface area contributed by atoms with Crippen LogP contribution in [-0.4, -0.2) is 41.3 Å². The van der Waals surface area contributed by atoms with Crippen molar-refractivity contribution in [3.05, 3.63) is 39.7 Å². The minimum absolute atomic E-state index is 0.211. The van der Waals surface area contributed by atoms with Crippen LogP contribution in [0.5, 0.6) is 0 Å². The highest BCUT2D eigenvalue weighted by molar-refractivity contribution is 7.98. The molecular weight excluding hydrogens is 271 g/mol. The van der Waals surface area contributed by atoms with Crippen molar-refractivity contribution >= 4 is 23.4 Å². The highest BCUT2D eigenvalue weighted by atomic mass is 32.2. The Hall–Kier alpha value is -1.63. The summed E-state index contributed by atoms with van der Waals surface area (Å²) in [5.41, 5.74) is -0.584. The van der Waals surface area contributed by atoms with E-state index in [0.717, 1.165) is 30.4 Å². The Morgan fingerprint density at radius 2 is 2.21 bits per heavy atom. The highest BCUT2D eigenvalue weighted by Gasteiger charge is 2.23. The quantitative estimate of drug-likeness (QED) is 0.458. The normalized spacial score (nSPS) is 10.3. The third-order valence-corrected chi connectivity index (χ3v) is 3.27. The summed E-state index contributed by atoms with van der Waals surface area (Å²) in [6, 6.07) is 2.90. The number of hydrogen-bond donors (Lipinski definition) is 0. The van der Waals surface area contributed by atoms with Crippen molar-refractivity contribution in [3.63, 3.8) is 0 Å². The third-order valence-electron chi connectivity index (χ3n) is 2.57. The molecule has 0 saturated carbocycles. The van der Waals surface area contributed by atoms with Gasteiger partial charge in [0.15, 0.2) is 0 Å². The molecule has 0 N–H and O–H groups in total. The molecule has 0 radical (unpaired) electrons. The molecule has 0 saturated heterocycles. The van der Waals surface area contributed by atoms with E-state index in [-0.39, 0.29) is 11.3 Å². The average Bonchev–Trinajstić information content (AvgIpc) is 2.37. The number of carbonyl (C=O) groups excluding carboxylic acids is 1. The first-order chi connectivity index (χ1) is 8.97. The van der Waals surface area contributed by atoms with E-state index in [1.807, 2.05) is 6.26 Å². The average molecular weight is 286 g/mol. The van der Waals surface area contributed by atoms with E-state index in [9.17, 15) is 19.3 Å². The van der Waals surface area contributed by atoms with E-state index < -0.39 is 16.6 Å². The van der Waals surface area contributed by atoms with Crippen LogP contribution in [0, 0.1) is 15.9 Å². The maximum Gasteiger partial charge on any atom is 0.282 e. The van der Waals surface area contributed by atoms with Crippen LogP contribution < -0.4 is 0 Å². The zero-order chi connectivity index (χ0) is 14.4. The van der Waals surface area contributed by atoms with Crippen LogP contribution in [0.4, 0.5) is 10.1 Å². The molecule has 1 rings (SSSR count). The molecule has 19 heavy (non-hydrogen) atoms. The Labute approximate surface area is 114 Å². The summed E-state index contributed by atoms with van der Waals surface area (Å²) in [5, 5.41) is 10.8. The fourth-order valence-corrected chi connectivity index (χ4v) is 2.01. The lowest BCUT2D eigenvalue weighted by Crippen LogP contribution is -2.28. The molecule has 104 valence electrons. The van der Waals surface area contributed by atoms with Crippen molar-refractivity contribution < 1.29 is 14.1 Å². The van der Waals surface area contributed by atoms with Gasteiger partial charge in [0.2, 0.25) is 0 Å². The maximum absolute atomic E-state index is 13.1. The first-order valence-electron chi connectivity index (χ1n) is 5.65. The summed E-state index contributed by atoms with van der Waals surface area (Å²) < 4.78 is 13.1. The van der Waals surface area contributed by atoms with Crippen molar-refractivity contribution in [3.8, 4) is 0 Å². The molecular formula is C12H15FN2O3S. The van der Waals surface area contributed by atoms with Crippen LogP contribution in [0.2, 0.25) is 0 Å². The van der Waals surface area contributed by atoms with Crippen molar-refractivity contribution in [1.82, 2.24) is 4.90 Å². The molecule has 7 heteroatoms. The maximum atomic E-state index is 13.1. The van der Waals surface area contributed by atoms with Gasteiger partial charge < -0.3 is 4.90 Å². The van der Waals surface area contributed by atoms with E-state index in [2.05, 4.69) is 0 Å². The van der Waals surface area contributed by atoms with Crippen LogP contribution in [0.1, 0.15) is 16.8 Å². The van der Waals surface area contributed by atoms with Crippen LogP contribution in [-0.2, 0) is 0 Å². The molecule has 0 aromatic heterocycles. The van der Waals surface area contributed by atoms with Gasteiger partial charge in [0.25, 0.3) is 11.6 Å². The minimum atomic E-state index is -0.678. The molecule has 0 unspecified atom stereocenters. The Balaban J connectivity index is 2.91. The predicted octanol–water partition coefficient (Wildman–Crippen LogP) is 2.56. The van der Waals surface area contributed by atoms with E-state index in [1.165, 1.54) is 4.90 Å². The van der Waals surface area contributed by atoms with Gasteiger partial charge in [-0.15, -0.1) is 0 Å². The summed E-state index contributed by atoms with van der Waals surface area (Å²) in [7, 11) is 1.55. The number of benzene rings is 1. The number of halogens is 1. The van der Waals surface area contributed by atoms with Gasteiger partial charge >= 0.3 is 0 Å². The lowest BCUT2D eigenvalue weighted by Gasteiger charge is -2.16. The highest BCUT2D eigenvalue weighted by Crippen LogP contribution is 2.21. The SMILES string of the molecule is CSCCCN(C)C(=O)c1cc(F)ccc1[N+](=O)[O-]. The largest absolute Gasteiger partial charge is 0.341 e. The molecule has 0 atom stereocenters. The number of carbonyl (C=O) groups is 1. The van der Waals surface area contributed by atoms with Crippen LogP contribution in [0.3, 0.4) is 0 Å². The molecule has 1 aromatic rings. The van der Waals surface area contributed by atoms with Gasteiger partial charge in [-0.1, -0.05) is 0 Å². The summed E-state index contributed by atoms with van der Waals surface area (Å²) in [4.78, 5) is 23.6. The fraction of sp³-hybridized carbons (Fsp3) is 0.417. The van der Waals surface area contributed by atoms with Crippen LogP contribution in [0.25, 0.3) is 0 Å². The summed E-state index contributed by atoms with van der Waals surface area (Å²) in [6.45, 7) is 0.480. The van der Waals surface area contributed by atoms with Crippen molar-refractivity contribution in [1.29, 1.82) is 0 Å². The topological polar surface area (TPSA) is 63.5 Å². The second-order valence-corrected chi connectivity index (χ2v) is 4.98. The van der Waals surface area contributed by atoms with Crippen LogP contribution in [0.15, 0.2) is 18.2 Å². The summed E-state index contributed by atoms with van der Waals surface area (Å²) >= 11 is 1.66. The zero-order valence-corrected chi connectivity index (χ0v) is 11.6. The Kier molecular flexibility index (Phi) is 5.75. The van der Waals surface area contributed by atoms with Crippen molar-refractivity contribution in [2.45, 2.75) is 6.42 Å². The second kappa shape index (κ2) is 7.08. The number of amides is 1. The number of hydrogen-bond acceptors (Lipinski definition) is 4. The van der Waals surface area contributed by atoms with Crippen molar-refractivity contribution in [2.75, 3.05) is 25.6 Å². The van der Waals surface area contributed by atoms with Gasteiger partial charge in [0.1, 0.15) is 11.4 Å². The van der Waals surface area contributed by atoms with Gasteiger partial charge in [-0.05, 0) is 30.6 Å². The molecule has 0 bridgehead atoms. The van der Waals surface area contributed by atoms with Gasteiger partial charge in [-0.2, -0.15) is 11.8 Å². The molecule has 0 aliphatic rings. The molecule has 5 nitrogen and oxygen atoms in total. The zero-order valence-electron chi connectivity index (χ0n) is 10.8. The Bertz CT molecular complexity index is 482. The van der Waals surface area contributed by atoms with Gasteiger partial charge in [0, 0.05) is 19.7 Å². The molecule has 0 aliphatic carbocycles. The first kappa shape index (κ1) is 15.4. The lowest BCUT2D eigenvalue weighted by molar-refractivity contribution is -0.385. The number of nitro groups is 1. The van der Waals surface area contributed by atoms with Gasteiger partial charge in [-0.3, -0.25) is 14.9 Å². The monoisotopic (exact) mass is 286 g/mol. The van der Waals surface area contributed by atoms with Crippen molar-refractivity contribution in [2.24, 2.45) is 0 Å². The minimum Gasteiger partial charge on any atom is -0.341 e. The molecule has 0 spiro atoms. The third kappa shape index (κ3) is 4.20. The number of rotatable bonds is 6. The Morgan fingerprint density at radius 1 is 1.53 bits per heavy atom. The molecule has 0 fully saturated rings. The van der Waals surface area contributed by atoms with E-state index in [1.54, 1.807) is 18.8 Å².